The maximum Gasteiger partial charge on any atom is 0.236 e. The van der Waals surface area contributed by atoms with Crippen LogP contribution in [0.2, 0.25) is 0 Å². The molecule has 3 heterocycles. The molecule has 2 aromatic rings. The lowest BCUT2D eigenvalue weighted by Gasteiger charge is -2.36. The van der Waals surface area contributed by atoms with E-state index in [1.807, 2.05) is 11.0 Å². The summed E-state index contributed by atoms with van der Waals surface area (Å²) in [6, 6.07) is 8.27. The van der Waals surface area contributed by atoms with Gasteiger partial charge in [-0.25, -0.2) is 4.98 Å². The van der Waals surface area contributed by atoms with Crippen LogP contribution in [-0.4, -0.2) is 66.5 Å². The molecule has 1 aromatic carbocycles. The Balaban J connectivity index is 1.31. The van der Waals surface area contributed by atoms with Gasteiger partial charge in [0.1, 0.15) is 0 Å². The number of anilines is 1. The van der Waals surface area contributed by atoms with Crippen molar-refractivity contribution in [3.63, 3.8) is 0 Å². The van der Waals surface area contributed by atoms with Crippen LogP contribution < -0.4 is 4.90 Å². The van der Waals surface area contributed by atoms with Gasteiger partial charge in [0, 0.05) is 26.2 Å². The van der Waals surface area contributed by atoms with Gasteiger partial charge in [-0.05, 0) is 44.0 Å². The minimum atomic E-state index is 0.290. The van der Waals surface area contributed by atoms with Crippen LogP contribution in [0.25, 0.3) is 10.2 Å². The Morgan fingerprint density at radius 3 is 2.56 bits per heavy atom. The monoisotopic (exact) mass is 358 g/mol. The zero-order valence-electron chi connectivity index (χ0n) is 14.9. The van der Waals surface area contributed by atoms with Gasteiger partial charge in [0.05, 0.1) is 16.8 Å². The van der Waals surface area contributed by atoms with Crippen LogP contribution in [0.4, 0.5) is 5.13 Å². The molecule has 4 rings (SSSR count). The molecular weight excluding hydrogens is 332 g/mol. The van der Waals surface area contributed by atoms with Crippen molar-refractivity contribution in [2.75, 3.05) is 50.7 Å². The van der Waals surface area contributed by atoms with Gasteiger partial charge in [0.15, 0.2) is 5.13 Å². The highest BCUT2D eigenvalue weighted by Gasteiger charge is 2.25. The number of carbonyl (C=O) groups is 1. The van der Waals surface area contributed by atoms with Crippen molar-refractivity contribution in [2.45, 2.75) is 19.8 Å². The fourth-order valence-electron chi connectivity index (χ4n) is 3.65. The van der Waals surface area contributed by atoms with Crippen molar-refractivity contribution in [1.82, 2.24) is 14.8 Å². The number of rotatable bonds is 3. The van der Waals surface area contributed by atoms with Crippen molar-refractivity contribution in [3.8, 4) is 0 Å². The molecule has 1 aromatic heterocycles. The summed E-state index contributed by atoms with van der Waals surface area (Å²) in [6.45, 7) is 8.40. The van der Waals surface area contributed by atoms with Crippen LogP contribution in [0.5, 0.6) is 0 Å². The van der Waals surface area contributed by atoms with E-state index in [9.17, 15) is 4.79 Å². The standard InChI is InChI=1S/C19H26N4OS/c1-15-6-8-21(9-7-15)14-18(24)22-10-12-23(13-11-22)19-20-16-4-2-3-5-17(16)25-19/h2-5,15H,6-14H2,1H3. The average molecular weight is 359 g/mol. The van der Waals surface area contributed by atoms with E-state index in [0.717, 1.165) is 55.8 Å². The molecule has 0 unspecified atom stereocenters. The van der Waals surface area contributed by atoms with Crippen LogP contribution in [0.1, 0.15) is 19.8 Å². The number of likely N-dealkylation sites (tertiary alicyclic amines) is 1. The molecule has 2 aliphatic heterocycles. The van der Waals surface area contributed by atoms with Crippen molar-refractivity contribution in [3.05, 3.63) is 24.3 Å². The molecule has 0 saturated carbocycles. The van der Waals surface area contributed by atoms with E-state index in [1.165, 1.54) is 17.5 Å². The third-order valence-electron chi connectivity index (χ3n) is 5.42. The molecule has 0 bridgehead atoms. The van der Waals surface area contributed by atoms with Gasteiger partial charge in [-0.1, -0.05) is 30.4 Å². The minimum absolute atomic E-state index is 0.290. The Labute approximate surface area is 153 Å². The molecule has 2 aliphatic rings. The zero-order chi connectivity index (χ0) is 17.2. The number of hydrogen-bond donors (Lipinski definition) is 0. The SMILES string of the molecule is CC1CCN(CC(=O)N2CCN(c3nc4ccccc4s3)CC2)CC1. The molecular formula is C19H26N4OS. The first-order valence-corrected chi connectivity index (χ1v) is 10.1. The number of amides is 1. The minimum Gasteiger partial charge on any atom is -0.345 e. The Morgan fingerprint density at radius 1 is 1.12 bits per heavy atom. The van der Waals surface area contributed by atoms with Crippen LogP contribution in [-0.2, 0) is 4.79 Å². The molecule has 0 radical (unpaired) electrons. The molecule has 6 heteroatoms. The molecule has 2 saturated heterocycles. The van der Waals surface area contributed by atoms with Crippen LogP contribution >= 0.6 is 11.3 Å². The summed E-state index contributed by atoms with van der Waals surface area (Å²) in [6.07, 6.45) is 2.44. The summed E-state index contributed by atoms with van der Waals surface area (Å²) in [7, 11) is 0. The van der Waals surface area contributed by atoms with E-state index in [1.54, 1.807) is 11.3 Å². The Hall–Kier alpha value is -1.66. The summed E-state index contributed by atoms with van der Waals surface area (Å²) in [4.78, 5) is 24.0. The lowest BCUT2D eigenvalue weighted by atomic mass is 9.99. The van der Waals surface area contributed by atoms with E-state index in [4.69, 9.17) is 4.98 Å². The van der Waals surface area contributed by atoms with Crippen molar-refractivity contribution >= 4 is 32.6 Å². The number of para-hydroxylation sites is 1. The van der Waals surface area contributed by atoms with Gasteiger partial charge in [0.25, 0.3) is 0 Å². The van der Waals surface area contributed by atoms with Crippen molar-refractivity contribution in [2.24, 2.45) is 5.92 Å². The highest BCUT2D eigenvalue weighted by atomic mass is 32.1. The molecule has 1 amide bonds. The third kappa shape index (κ3) is 3.80. The number of thiazole rings is 1. The summed E-state index contributed by atoms with van der Waals surface area (Å²) in [5, 5.41) is 1.08. The zero-order valence-corrected chi connectivity index (χ0v) is 15.7. The number of benzene rings is 1. The highest BCUT2D eigenvalue weighted by molar-refractivity contribution is 7.22. The second-order valence-electron chi connectivity index (χ2n) is 7.29. The predicted octanol–water partition coefficient (Wildman–Crippen LogP) is 2.68. The number of hydrogen-bond acceptors (Lipinski definition) is 5. The van der Waals surface area contributed by atoms with Crippen molar-refractivity contribution in [1.29, 1.82) is 0 Å². The topological polar surface area (TPSA) is 39.7 Å². The smallest absolute Gasteiger partial charge is 0.236 e. The third-order valence-corrected chi connectivity index (χ3v) is 6.52. The summed E-state index contributed by atoms with van der Waals surface area (Å²) < 4.78 is 1.23. The molecule has 0 spiro atoms. The molecule has 5 nitrogen and oxygen atoms in total. The van der Waals surface area contributed by atoms with E-state index in [-0.39, 0.29) is 0 Å². The number of piperazine rings is 1. The summed E-state index contributed by atoms with van der Waals surface area (Å²) in [5.74, 6) is 1.10. The van der Waals surface area contributed by atoms with Crippen LogP contribution in [0, 0.1) is 5.92 Å². The van der Waals surface area contributed by atoms with Gasteiger partial charge in [0.2, 0.25) is 5.91 Å². The quantitative estimate of drug-likeness (QED) is 0.846. The molecule has 25 heavy (non-hydrogen) atoms. The molecule has 2 fully saturated rings. The van der Waals surface area contributed by atoms with Gasteiger partial charge in [-0.15, -0.1) is 0 Å². The second kappa shape index (κ2) is 7.30. The van der Waals surface area contributed by atoms with Gasteiger partial charge in [-0.3, -0.25) is 9.69 Å². The largest absolute Gasteiger partial charge is 0.345 e. The maximum atomic E-state index is 12.6. The fraction of sp³-hybridized carbons (Fsp3) is 0.579. The average Bonchev–Trinajstić information content (AvgIpc) is 3.08. The fourth-order valence-corrected chi connectivity index (χ4v) is 4.67. The number of carbonyl (C=O) groups excluding carboxylic acids is 1. The lowest BCUT2D eigenvalue weighted by Crippen LogP contribution is -2.51. The van der Waals surface area contributed by atoms with Gasteiger partial charge in [-0.2, -0.15) is 0 Å². The van der Waals surface area contributed by atoms with Gasteiger partial charge >= 0.3 is 0 Å². The van der Waals surface area contributed by atoms with E-state index in [0.29, 0.717) is 12.5 Å². The molecule has 0 N–H and O–H groups in total. The summed E-state index contributed by atoms with van der Waals surface area (Å²) >= 11 is 1.75. The highest BCUT2D eigenvalue weighted by Crippen LogP contribution is 2.29. The Kier molecular flexibility index (Phi) is 4.90. The number of nitrogens with zero attached hydrogens (tertiary/aromatic N) is 4. The lowest BCUT2D eigenvalue weighted by molar-refractivity contribution is -0.133. The van der Waals surface area contributed by atoms with Crippen molar-refractivity contribution < 1.29 is 4.79 Å². The summed E-state index contributed by atoms with van der Waals surface area (Å²) in [5.41, 5.74) is 1.07. The first-order chi connectivity index (χ1) is 12.2. The molecule has 0 aliphatic carbocycles. The van der Waals surface area contributed by atoms with E-state index < -0.39 is 0 Å². The Bertz CT molecular complexity index is 697. The second-order valence-corrected chi connectivity index (χ2v) is 8.30. The molecule has 0 atom stereocenters. The van der Waals surface area contributed by atoms with Crippen LogP contribution in [0.15, 0.2) is 24.3 Å². The predicted molar refractivity (Wildman–Crippen MR) is 103 cm³/mol. The Morgan fingerprint density at radius 2 is 1.84 bits per heavy atom. The number of aromatic nitrogens is 1. The first kappa shape index (κ1) is 16.8. The maximum absolute atomic E-state index is 12.6. The van der Waals surface area contributed by atoms with E-state index >= 15 is 0 Å². The first-order valence-electron chi connectivity index (χ1n) is 9.30. The molecule has 134 valence electrons. The van der Waals surface area contributed by atoms with E-state index in [2.05, 4.69) is 34.9 Å². The normalized spacial score (nSPS) is 20.4. The number of piperidine rings is 1. The van der Waals surface area contributed by atoms with Gasteiger partial charge < -0.3 is 9.80 Å². The number of fused-ring (bicyclic) bond motifs is 1. The van der Waals surface area contributed by atoms with Crippen LogP contribution in [0.3, 0.4) is 0 Å².